The van der Waals surface area contributed by atoms with E-state index >= 15 is 0 Å². The molecule has 0 aromatic heterocycles. The van der Waals surface area contributed by atoms with E-state index in [0.717, 1.165) is 37.7 Å². The molecule has 2 saturated carbocycles. The molecule has 0 heterocycles. The van der Waals surface area contributed by atoms with Crippen LogP contribution in [0, 0.1) is 5.41 Å². The lowest BCUT2D eigenvalue weighted by atomic mass is 9.61. The molecule has 3 rings (SSSR count). The zero-order valence-electron chi connectivity index (χ0n) is 16.1. The first-order valence-electron chi connectivity index (χ1n) is 10.2. The third-order valence-corrected chi connectivity index (χ3v) is 6.53. The Morgan fingerprint density at radius 2 is 1.36 bits per heavy atom. The predicted molar refractivity (Wildman–Crippen MR) is 102 cm³/mol. The number of benzene rings is 1. The molecule has 2 fully saturated rings. The largest absolute Gasteiger partial charge is 0.299 e. The van der Waals surface area contributed by atoms with Crippen LogP contribution < -0.4 is 0 Å². The van der Waals surface area contributed by atoms with E-state index in [1.807, 2.05) is 0 Å². The Balaban J connectivity index is 1.99. The number of carbonyl (C=O) groups is 2. The minimum atomic E-state index is -0.497. The predicted octanol–water partition coefficient (Wildman–Crippen LogP) is 5.34. The second-order valence-corrected chi connectivity index (χ2v) is 8.17. The van der Waals surface area contributed by atoms with Crippen molar-refractivity contribution in [3.05, 3.63) is 34.4 Å². The van der Waals surface area contributed by atoms with Gasteiger partial charge in [0.15, 0.2) is 0 Å². The molecule has 0 bridgehead atoms. The highest BCUT2D eigenvalue weighted by Crippen LogP contribution is 2.49. The van der Waals surface area contributed by atoms with Gasteiger partial charge in [0.1, 0.15) is 17.5 Å². The molecule has 2 aliphatic rings. The zero-order valence-corrected chi connectivity index (χ0v) is 16.1. The van der Waals surface area contributed by atoms with Gasteiger partial charge in [-0.25, -0.2) is 0 Å². The Kier molecular flexibility index (Phi) is 5.46. The minimum absolute atomic E-state index is 0.00890. The average Bonchev–Trinajstić information content (AvgIpc) is 2.61. The summed E-state index contributed by atoms with van der Waals surface area (Å²) < 4.78 is 0. The molecule has 0 saturated heterocycles. The SMILES string of the molecule is CCc1cc(CC)c(C2C(=O)CC3(CCCCC3)CC2=O)c(CC)c1. The van der Waals surface area contributed by atoms with Gasteiger partial charge in [-0.1, -0.05) is 52.2 Å². The number of carbonyl (C=O) groups excluding carboxylic acids is 2. The summed E-state index contributed by atoms with van der Waals surface area (Å²) in [7, 11) is 0. The van der Waals surface area contributed by atoms with Crippen molar-refractivity contribution in [3.63, 3.8) is 0 Å². The molecular weight excluding hydrogens is 308 g/mol. The van der Waals surface area contributed by atoms with Crippen molar-refractivity contribution >= 4 is 11.6 Å². The van der Waals surface area contributed by atoms with E-state index in [4.69, 9.17) is 0 Å². The van der Waals surface area contributed by atoms with Crippen LogP contribution in [0.25, 0.3) is 0 Å². The van der Waals surface area contributed by atoms with Gasteiger partial charge in [-0.2, -0.15) is 0 Å². The van der Waals surface area contributed by atoms with E-state index < -0.39 is 5.92 Å². The van der Waals surface area contributed by atoms with Crippen LogP contribution in [0.4, 0.5) is 0 Å². The summed E-state index contributed by atoms with van der Waals surface area (Å²) >= 11 is 0. The highest BCUT2D eigenvalue weighted by Gasteiger charge is 2.46. The Bertz CT molecular complexity index is 620. The Morgan fingerprint density at radius 3 is 1.80 bits per heavy atom. The van der Waals surface area contributed by atoms with Gasteiger partial charge in [0.25, 0.3) is 0 Å². The molecule has 1 spiro atoms. The van der Waals surface area contributed by atoms with Gasteiger partial charge < -0.3 is 0 Å². The molecule has 0 aliphatic heterocycles. The molecule has 1 aromatic carbocycles. The first-order valence-corrected chi connectivity index (χ1v) is 10.2. The number of aryl methyl sites for hydroxylation is 3. The molecule has 0 atom stereocenters. The molecule has 0 N–H and O–H groups in total. The van der Waals surface area contributed by atoms with Crippen molar-refractivity contribution < 1.29 is 9.59 Å². The van der Waals surface area contributed by atoms with E-state index in [1.165, 1.54) is 36.0 Å². The minimum Gasteiger partial charge on any atom is -0.299 e. The van der Waals surface area contributed by atoms with Crippen molar-refractivity contribution in [2.45, 2.75) is 90.9 Å². The summed E-state index contributed by atoms with van der Waals surface area (Å²) in [5.74, 6) is -0.123. The summed E-state index contributed by atoms with van der Waals surface area (Å²) in [6, 6.07) is 4.44. The summed E-state index contributed by atoms with van der Waals surface area (Å²) in [6.07, 6.45) is 9.74. The van der Waals surface area contributed by atoms with Crippen LogP contribution in [-0.2, 0) is 28.9 Å². The van der Waals surface area contributed by atoms with Crippen molar-refractivity contribution in [3.8, 4) is 0 Å². The van der Waals surface area contributed by atoms with Crippen molar-refractivity contribution in [2.75, 3.05) is 0 Å². The molecule has 2 aliphatic carbocycles. The smallest absolute Gasteiger partial charge is 0.148 e. The van der Waals surface area contributed by atoms with Crippen LogP contribution in [0.15, 0.2) is 12.1 Å². The molecule has 136 valence electrons. The second-order valence-electron chi connectivity index (χ2n) is 8.17. The van der Waals surface area contributed by atoms with Crippen molar-refractivity contribution in [2.24, 2.45) is 5.41 Å². The lowest BCUT2D eigenvalue weighted by Gasteiger charge is -2.41. The summed E-state index contributed by atoms with van der Waals surface area (Å²) in [5.41, 5.74) is 4.79. The second kappa shape index (κ2) is 7.43. The molecule has 2 nitrogen and oxygen atoms in total. The summed E-state index contributed by atoms with van der Waals surface area (Å²) in [5, 5.41) is 0. The van der Waals surface area contributed by atoms with Crippen LogP contribution in [-0.4, -0.2) is 11.6 Å². The fourth-order valence-electron chi connectivity index (χ4n) is 5.17. The highest BCUT2D eigenvalue weighted by molar-refractivity contribution is 6.10. The van der Waals surface area contributed by atoms with E-state index in [-0.39, 0.29) is 17.0 Å². The maximum atomic E-state index is 13.1. The fraction of sp³-hybridized carbons (Fsp3) is 0.652. The summed E-state index contributed by atoms with van der Waals surface area (Å²) in [4.78, 5) is 26.3. The molecule has 2 heteroatoms. The van der Waals surface area contributed by atoms with Crippen molar-refractivity contribution in [1.82, 2.24) is 0 Å². The average molecular weight is 341 g/mol. The van der Waals surface area contributed by atoms with Gasteiger partial charge in [0, 0.05) is 12.8 Å². The van der Waals surface area contributed by atoms with Gasteiger partial charge in [-0.15, -0.1) is 0 Å². The maximum Gasteiger partial charge on any atom is 0.148 e. The number of hydrogen-bond acceptors (Lipinski definition) is 2. The molecular formula is C23H32O2. The summed E-state index contributed by atoms with van der Waals surface area (Å²) in [6.45, 7) is 6.44. The van der Waals surface area contributed by atoms with Crippen LogP contribution >= 0.6 is 0 Å². The zero-order chi connectivity index (χ0) is 18.0. The molecule has 0 radical (unpaired) electrons. The first-order chi connectivity index (χ1) is 12.0. The van der Waals surface area contributed by atoms with Crippen molar-refractivity contribution in [1.29, 1.82) is 0 Å². The maximum absolute atomic E-state index is 13.1. The lowest BCUT2D eigenvalue weighted by Crippen LogP contribution is -2.41. The molecule has 1 aromatic rings. The van der Waals surface area contributed by atoms with Gasteiger partial charge in [0.2, 0.25) is 0 Å². The number of Topliss-reactive ketones (excluding diaryl/α,β-unsaturated/α-hetero) is 2. The van der Waals surface area contributed by atoms with Gasteiger partial charge in [-0.05, 0) is 59.8 Å². The van der Waals surface area contributed by atoms with E-state index in [0.29, 0.717) is 12.8 Å². The van der Waals surface area contributed by atoms with Gasteiger partial charge in [0.05, 0.1) is 0 Å². The fourth-order valence-corrected chi connectivity index (χ4v) is 5.17. The standard InChI is InChI=1S/C23H32O2/c1-4-16-12-17(5-2)21(18(6-3)13-16)22-19(24)14-23(15-20(22)25)10-8-7-9-11-23/h12-13,22H,4-11,14-15H2,1-3H3. The van der Waals surface area contributed by atoms with E-state index in [9.17, 15) is 9.59 Å². The third kappa shape index (κ3) is 3.45. The van der Waals surface area contributed by atoms with Gasteiger partial charge >= 0.3 is 0 Å². The van der Waals surface area contributed by atoms with E-state index in [2.05, 4.69) is 32.9 Å². The third-order valence-electron chi connectivity index (χ3n) is 6.53. The molecule has 0 amide bonds. The normalized spacial score (nSPS) is 21.1. The molecule has 0 unspecified atom stereocenters. The number of rotatable bonds is 4. The topological polar surface area (TPSA) is 34.1 Å². The van der Waals surface area contributed by atoms with Crippen LogP contribution in [0.5, 0.6) is 0 Å². The quantitative estimate of drug-likeness (QED) is 0.693. The van der Waals surface area contributed by atoms with Gasteiger partial charge in [-0.3, -0.25) is 9.59 Å². The van der Waals surface area contributed by atoms with E-state index in [1.54, 1.807) is 0 Å². The Labute approximate surface area is 152 Å². The Morgan fingerprint density at radius 1 is 0.840 bits per heavy atom. The first kappa shape index (κ1) is 18.4. The monoisotopic (exact) mass is 340 g/mol. The number of hydrogen-bond donors (Lipinski definition) is 0. The Hall–Kier alpha value is -1.44. The lowest BCUT2D eigenvalue weighted by molar-refractivity contribution is -0.137. The van der Waals surface area contributed by atoms with Crippen LogP contribution in [0.2, 0.25) is 0 Å². The number of ketones is 2. The molecule has 25 heavy (non-hydrogen) atoms. The highest BCUT2D eigenvalue weighted by atomic mass is 16.2. The van der Waals surface area contributed by atoms with Crippen LogP contribution in [0.1, 0.15) is 93.9 Å². The van der Waals surface area contributed by atoms with Crippen LogP contribution in [0.3, 0.4) is 0 Å².